The van der Waals surface area contributed by atoms with Gasteiger partial charge in [0.05, 0.1) is 0 Å². The number of hydrogen-bond donors (Lipinski definition) is 2. The maximum atomic E-state index is 9.35. The Hall–Kier alpha value is -1.12. The zero-order valence-corrected chi connectivity index (χ0v) is 10.00. The van der Waals surface area contributed by atoms with Crippen LogP contribution < -0.4 is 0 Å². The van der Waals surface area contributed by atoms with E-state index in [1.807, 2.05) is 24.3 Å². The first-order valence-corrected chi connectivity index (χ1v) is 6.22. The Kier molecular flexibility index (Phi) is 3.97. The van der Waals surface area contributed by atoms with Crippen LogP contribution in [0.1, 0.15) is 17.9 Å². The lowest BCUT2D eigenvalue weighted by Crippen LogP contribution is -2.01. The zero-order valence-electron chi connectivity index (χ0n) is 10.00. The quantitative estimate of drug-likeness (QED) is 0.738. The number of aliphatic hydroxyl groups is 2. The summed E-state index contributed by atoms with van der Waals surface area (Å²) < 4.78 is 0. The molecule has 0 saturated heterocycles. The summed E-state index contributed by atoms with van der Waals surface area (Å²) in [7, 11) is 0. The van der Waals surface area contributed by atoms with Crippen LogP contribution in [-0.4, -0.2) is 23.4 Å². The lowest BCUT2D eigenvalue weighted by atomic mass is 9.92. The molecule has 0 aromatic heterocycles. The fourth-order valence-corrected chi connectivity index (χ4v) is 3.01. The van der Waals surface area contributed by atoms with Gasteiger partial charge in [-0.15, -0.1) is 6.58 Å². The highest BCUT2D eigenvalue weighted by Crippen LogP contribution is 2.56. The van der Waals surface area contributed by atoms with Crippen molar-refractivity contribution in [2.24, 2.45) is 17.8 Å². The van der Waals surface area contributed by atoms with E-state index >= 15 is 0 Å². The van der Waals surface area contributed by atoms with Crippen LogP contribution in [0.5, 0.6) is 0 Å². The summed E-state index contributed by atoms with van der Waals surface area (Å²) in [5, 5.41) is 18.4. The first kappa shape index (κ1) is 12.3. The molecule has 1 saturated carbocycles. The molecule has 2 N–H and O–H groups in total. The van der Waals surface area contributed by atoms with Crippen LogP contribution in [0.15, 0.2) is 43.0 Å². The van der Waals surface area contributed by atoms with Crippen LogP contribution in [0.4, 0.5) is 0 Å². The van der Waals surface area contributed by atoms with Crippen molar-refractivity contribution < 1.29 is 10.2 Å². The molecule has 0 heterocycles. The molecule has 1 aromatic rings. The van der Waals surface area contributed by atoms with Gasteiger partial charge in [-0.25, -0.2) is 0 Å². The minimum absolute atomic E-state index is 0.205. The Labute approximate surface area is 103 Å². The molecule has 4 atom stereocenters. The monoisotopic (exact) mass is 232 g/mol. The van der Waals surface area contributed by atoms with Gasteiger partial charge in [0.1, 0.15) is 0 Å². The average Bonchev–Trinajstić information content (AvgIpc) is 3.05. The van der Waals surface area contributed by atoms with Gasteiger partial charge >= 0.3 is 0 Å². The molecule has 0 amide bonds. The molecule has 0 spiro atoms. The second-order valence-electron chi connectivity index (χ2n) is 4.77. The van der Waals surface area contributed by atoms with E-state index in [1.165, 1.54) is 5.56 Å². The van der Waals surface area contributed by atoms with Crippen molar-refractivity contribution in [1.29, 1.82) is 0 Å². The number of allylic oxidation sites excluding steroid dienone is 1. The first-order chi connectivity index (χ1) is 8.33. The van der Waals surface area contributed by atoms with Crippen LogP contribution in [0.2, 0.25) is 0 Å². The van der Waals surface area contributed by atoms with Crippen molar-refractivity contribution >= 4 is 0 Å². The van der Waals surface area contributed by atoms with E-state index in [4.69, 9.17) is 5.11 Å². The van der Waals surface area contributed by atoms with Crippen molar-refractivity contribution in [3.63, 3.8) is 0 Å². The van der Waals surface area contributed by atoms with Crippen molar-refractivity contribution in [3.05, 3.63) is 48.6 Å². The van der Waals surface area contributed by atoms with Gasteiger partial charge in [0, 0.05) is 19.1 Å². The highest BCUT2D eigenvalue weighted by Gasteiger charge is 2.52. The summed E-state index contributed by atoms with van der Waals surface area (Å²) >= 11 is 0. The Bertz CT molecular complexity index is 360. The molecule has 2 unspecified atom stereocenters. The number of aliphatic hydroxyl groups excluding tert-OH is 2. The SMILES string of the molecule is C=CC(c1ccccc1)[C@@H]1C(CCO)[C@@H]1CO. The molecule has 2 rings (SSSR count). The van der Waals surface area contributed by atoms with Crippen LogP contribution in [0.3, 0.4) is 0 Å². The second kappa shape index (κ2) is 5.48. The molecule has 0 radical (unpaired) electrons. The van der Waals surface area contributed by atoms with E-state index in [1.54, 1.807) is 0 Å². The van der Waals surface area contributed by atoms with Crippen LogP contribution in [0.25, 0.3) is 0 Å². The third-order valence-corrected chi connectivity index (χ3v) is 3.92. The van der Waals surface area contributed by atoms with Crippen LogP contribution in [0, 0.1) is 17.8 Å². The summed E-state index contributed by atoms with van der Waals surface area (Å²) in [6.45, 7) is 4.34. The molecule has 17 heavy (non-hydrogen) atoms. The second-order valence-corrected chi connectivity index (χ2v) is 4.77. The Morgan fingerprint density at radius 2 is 1.88 bits per heavy atom. The van der Waals surface area contributed by atoms with Crippen LogP contribution in [-0.2, 0) is 0 Å². The molecule has 2 nitrogen and oxygen atoms in total. The fourth-order valence-electron chi connectivity index (χ4n) is 3.01. The molecule has 1 aliphatic carbocycles. The number of hydrogen-bond acceptors (Lipinski definition) is 2. The van der Waals surface area contributed by atoms with E-state index in [-0.39, 0.29) is 13.2 Å². The van der Waals surface area contributed by atoms with Crippen molar-refractivity contribution in [2.45, 2.75) is 12.3 Å². The van der Waals surface area contributed by atoms with Gasteiger partial charge < -0.3 is 10.2 Å². The van der Waals surface area contributed by atoms with Crippen molar-refractivity contribution in [1.82, 2.24) is 0 Å². The van der Waals surface area contributed by atoms with E-state index in [2.05, 4.69) is 18.7 Å². The maximum Gasteiger partial charge on any atom is 0.0465 e. The summed E-state index contributed by atoms with van der Waals surface area (Å²) in [5.41, 5.74) is 1.26. The predicted octanol–water partition coefficient (Wildman–Crippen LogP) is 2.19. The van der Waals surface area contributed by atoms with Gasteiger partial charge in [-0.05, 0) is 29.7 Å². The average molecular weight is 232 g/mol. The normalized spacial score (nSPS) is 28.7. The van der Waals surface area contributed by atoms with Crippen molar-refractivity contribution in [3.8, 4) is 0 Å². The molecule has 2 heteroatoms. The third kappa shape index (κ3) is 2.43. The molecular weight excluding hydrogens is 212 g/mol. The van der Waals surface area contributed by atoms with Gasteiger partial charge in [-0.3, -0.25) is 0 Å². The fraction of sp³-hybridized carbons (Fsp3) is 0.467. The Morgan fingerprint density at radius 1 is 1.18 bits per heavy atom. The highest BCUT2D eigenvalue weighted by molar-refractivity contribution is 5.27. The van der Waals surface area contributed by atoms with Gasteiger partial charge in [0.2, 0.25) is 0 Å². The minimum atomic E-state index is 0.205. The standard InChI is InChI=1S/C15H20O2/c1-2-12(11-6-4-3-5-7-11)15-13(8-9-16)14(15)10-17/h2-7,12-17H,1,8-10H2/t12?,13?,14-,15+/m0/s1. The molecule has 0 aliphatic heterocycles. The number of benzene rings is 1. The molecule has 1 fully saturated rings. The summed E-state index contributed by atoms with van der Waals surface area (Å²) in [4.78, 5) is 0. The van der Waals surface area contributed by atoms with Gasteiger partial charge in [0.25, 0.3) is 0 Å². The first-order valence-electron chi connectivity index (χ1n) is 6.22. The molecule has 1 aromatic carbocycles. The number of rotatable bonds is 6. The van der Waals surface area contributed by atoms with E-state index in [0.717, 1.165) is 6.42 Å². The van der Waals surface area contributed by atoms with Crippen molar-refractivity contribution in [2.75, 3.05) is 13.2 Å². The van der Waals surface area contributed by atoms with Gasteiger partial charge in [-0.1, -0.05) is 36.4 Å². The summed E-state index contributed by atoms with van der Waals surface area (Å²) in [6.07, 6.45) is 2.76. The van der Waals surface area contributed by atoms with Gasteiger partial charge in [-0.2, -0.15) is 0 Å². The van der Waals surface area contributed by atoms with Gasteiger partial charge in [0.15, 0.2) is 0 Å². The van der Waals surface area contributed by atoms with E-state index in [0.29, 0.717) is 23.7 Å². The van der Waals surface area contributed by atoms with E-state index in [9.17, 15) is 5.11 Å². The molecule has 0 bridgehead atoms. The predicted molar refractivity (Wildman–Crippen MR) is 68.6 cm³/mol. The lowest BCUT2D eigenvalue weighted by molar-refractivity contribution is 0.247. The zero-order chi connectivity index (χ0) is 12.3. The molecule has 92 valence electrons. The van der Waals surface area contributed by atoms with E-state index < -0.39 is 0 Å². The topological polar surface area (TPSA) is 40.5 Å². The largest absolute Gasteiger partial charge is 0.396 e. The van der Waals surface area contributed by atoms with Crippen LogP contribution >= 0.6 is 0 Å². The highest BCUT2D eigenvalue weighted by atomic mass is 16.3. The smallest absolute Gasteiger partial charge is 0.0465 e. The Morgan fingerprint density at radius 3 is 2.41 bits per heavy atom. The third-order valence-electron chi connectivity index (χ3n) is 3.92. The summed E-state index contributed by atoms with van der Waals surface area (Å²) in [6, 6.07) is 10.3. The minimum Gasteiger partial charge on any atom is -0.396 e. The molecular formula is C15H20O2. The molecule has 1 aliphatic rings. The summed E-state index contributed by atoms with van der Waals surface area (Å²) in [5.74, 6) is 1.50. The maximum absolute atomic E-state index is 9.35. The Balaban J connectivity index is 2.12. The lowest BCUT2D eigenvalue weighted by Gasteiger charge is -2.13.